The highest BCUT2D eigenvalue weighted by molar-refractivity contribution is 5.92. The quantitative estimate of drug-likeness (QED) is 0.496. The Kier molecular flexibility index (Phi) is 5.87. The van der Waals surface area contributed by atoms with Crippen LogP contribution in [0.2, 0.25) is 0 Å². The lowest BCUT2D eigenvalue weighted by atomic mass is 10.0. The maximum Gasteiger partial charge on any atom is 0.266 e. The Bertz CT molecular complexity index is 1130. The van der Waals surface area contributed by atoms with Crippen LogP contribution in [0, 0.1) is 12.7 Å². The van der Waals surface area contributed by atoms with Crippen LogP contribution >= 0.6 is 0 Å². The summed E-state index contributed by atoms with van der Waals surface area (Å²) in [6.45, 7) is 3.76. The summed E-state index contributed by atoms with van der Waals surface area (Å²) in [5, 5.41) is 11.9. The van der Waals surface area contributed by atoms with Crippen LogP contribution in [-0.2, 0) is 0 Å². The van der Waals surface area contributed by atoms with Gasteiger partial charge in [-0.05, 0) is 19.9 Å². The zero-order valence-electron chi connectivity index (χ0n) is 17.5. The predicted molar refractivity (Wildman–Crippen MR) is 112 cm³/mol. The molecule has 5 nitrogen and oxygen atoms in total. The third-order valence-electron chi connectivity index (χ3n) is 5.74. The molecule has 0 unspecified atom stereocenters. The first-order valence-corrected chi connectivity index (χ1v) is 10.2. The average molecular weight is 451 g/mol. The van der Waals surface area contributed by atoms with Crippen LogP contribution in [0.3, 0.4) is 0 Å². The molecule has 4 rings (SSSR count). The normalized spacial score (nSPS) is 17.1. The van der Waals surface area contributed by atoms with Gasteiger partial charge in [-0.1, -0.05) is 18.2 Å². The van der Waals surface area contributed by atoms with Gasteiger partial charge < -0.3 is 10.2 Å². The SMILES string of the molecule is Cc1nnc(N[C@H](C)c2cccc(C(F)F)c2F)c2cc(N3CCC(F)(F)CC3)cnc12. The average Bonchev–Trinajstić information content (AvgIpc) is 2.75. The van der Waals surface area contributed by atoms with Crippen molar-refractivity contribution in [1.29, 1.82) is 0 Å². The first-order valence-electron chi connectivity index (χ1n) is 10.2. The van der Waals surface area contributed by atoms with E-state index in [2.05, 4.69) is 20.5 Å². The molecule has 1 atom stereocenters. The van der Waals surface area contributed by atoms with Crippen molar-refractivity contribution in [3.8, 4) is 0 Å². The maximum absolute atomic E-state index is 14.6. The maximum atomic E-state index is 14.6. The standard InChI is InChI=1S/C22H22F5N5/c1-12(15-4-3-5-16(18(15)23)20(24)25)29-21-17-10-14(11-28-19(17)13(2)30-31-21)32-8-6-22(26,27)7-9-32/h3-5,10-12,20H,6-9H2,1-2H3,(H,29,31)/t12-/m1/s1. The van der Waals surface area contributed by atoms with Crippen molar-refractivity contribution in [2.45, 2.75) is 45.1 Å². The van der Waals surface area contributed by atoms with Crippen LogP contribution in [0.15, 0.2) is 30.5 Å². The fraction of sp³-hybridized carbons (Fsp3) is 0.409. The Morgan fingerprint density at radius 1 is 1.09 bits per heavy atom. The first kappa shape index (κ1) is 22.2. The predicted octanol–water partition coefficient (Wildman–Crippen LogP) is 5.82. The molecule has 0 spiro atoms. The third kappa shape index (κ3) is 4.31. The molecule has 1 aliphatic rings. The number of hydrogen-bond acceptors (Lipinski definition) is 5. The highest BCUT2D eigenvalue weighted by atomic mass is 19.3. The summed E-state index contributed by atoms with van der Waals surface area (Å²) in [7, 11) is 0. The Hall–Kier alpha value is -3.04. The van der Waals surface area contributed by atoms with Crippen molar-refractivity contribution in [2.24, 2.45) is 0 Å². The molecule has 1 saturated heterocycles. The van der Waals surface area contributed by atoms with E-state index in [0.29, 0.717) is 28.1 Å². The second-order valence-corrected chi connectivity index (χ2v) is 7.98. The minimum absolute atomic E-state index is 0.0701. The monoisotopic (exact) mass is 451 g/mol. The molecule has 1 fully saturated rings. The number of pyridine rings is 1. The molecule has 2 aromatic heterocycles. The molecule has 0 radical (unpaired) electrons. The number of hydrogen-bond donors (Lipinski definition) is 1. The second kappa shape index (κ2) is 8.48. The van der Waals surface area contributed by atoms with Gasteiger partial charge in [-0.25, -0.2) is 22.0 Å². The number of halogens is 5. The van der Waals surface area contributed by atoms with Gasteiger partial charge in [-0.2, -0.15) is 5.10 Å². The molecule has 32 heavy (non-hydrogen) atoms. The highest BCUT2D eigenvalue weighted by Crippen LogP contribution is 2.34. The van der Waals surface area contributed by atoms with Crippen LogP contribution in [0.4, 0.5) is 33.5 Å². The van der Waals surface area contributed by atoms with Gasteiger partial charge in [0.25, 0.3) is 12.3 Å². The Morgan fingerprint density at radius 2 is 1.78 bits per heavy atom. The Balaban J connectivity index is 1.67. The van der Waals surface area contributed by atoms with E-state index in [1.807, 2.05) is 4.90 Å². The van der Waals surface area contributed by atoms with Crippen molar-refractivity contribution in [2.75, 3.05) is 23.3 Å². The molecule has 1 aromatic carbocycles. The molecule has 0 saturated carbocycles. The molecule has 0 bridgehead atoms. The van der Waals surface area contributed by atoms with Crippen molar-refractivity contribution < 1.29 is 22.0 Å². The molecule has 3 heterocycles. The van der Waals surface area contributed by atoms with Gasteiger partial charge in [0.1, 0.15) is 5.82 Å². The minimum atomic E-state index is -2.93. The van der Waals surface area contributed by atoms with E-state index in [1.165, 1.54) is 12.1 Å². The molecule has 0 aliphatic carbocycles. The van der Waals surface area contributed by atoms with E-state index < -0.39 is 29.8 Å². The second-order valence-electron chi connectivity index (χ2n) is 7.98. The van der Waals surface area contributed by atoms with E-state index >= 15 is 0 Å². The molecule has 10 heteroatoms. The fourth-order valence-electron chi connectivity index (χ4n) is 3.87. The van der Waals surface area contributed by atoms with E-state index in [-0.39, 0.29) is 31.5 Å². The lowest BCUT2D eigenvalue weighted by molar-refractivity contribution is -0.0220. The Morgan fingerprint density at radius 3 is 2.47 bits per heavy atom. The Labute approximate surface area is 181 Å². The lowest BCUT2D eigenvalue weighted by Crippen LogP contribution is -2.39. The van der Waals surface area contributed by atoms with Crippen LogP contribution in [-0.4, -0.2) is 34.2 Å². The van der Waals surface area contributed by atoms with Gasteiger partial charge in [0.2, 0.25) is 0 Å². The summed E-state index contributed by atoms with van der Waals surface area (Å²) >= 11 is 0. The highest BCUT2D eigenvalue weighted by Gasteiger charge is 2.34. The number of alkyl halides is 4. The third-order valence-corrected chi connectivity index (χ3v) is 5.74. The molecule has 1 N–H and O–H groups in total. The van der Waals surface area contributed by atoms with E-state index in [1.54, 1.807) is 26.1 Å². The number of benzene rings is 1. The molecule has 170 valence electrons. The van der Waals surface area contributed by atoms with Crippen LogP contribution in [0.5, 0.6) is 0 Å². The number of piperidine rings is 1. The molecular formula is C22H22F5N5. The number of nitrogens with zero attached hydrogens (tertiary/aromatic N) is 4. The number of fused-ring (bicyclic) bond motifs is 1. The van der Waals surface area contributed by atoms with Gasteiger partial charge in [0.15, 0.2) is 5.82 Å². The summed E-state index contributed by atoms with van der Waals surface area (Å²) in [5.74, 6) is -3.33. The topological polar surface area (TPSA) is 53.9 Å². The largest absolute Gasteiger partial charge is 0.370 e. The smallest absolute Gasteiger partial charge is 0.266 e. The van der Waals surface area contributed by atoms with Crippen molar-refractivity contribution in [1.82, 2.24) is 15.2 Å². The van der Waals surface area contributed by atoms with Gasteiger partial charge >= 0.3 is 0 Å². The van der Waals surface area contributed by atoms with E-state index in [4.69, 9.17) is 0 Å². The molecule has 1 aliphatic heterocycles. The van der Waals surface area contributed by atoms with Crippen molar-refractivity contribution in [3.63, 3.8) is 0 Å². The van der Waals surface area contributed by atoms with Crippen LogP contribution in [0.1, 0.15) is 49.1 Å². The molecular weight excluding hydrogens is 429 g/mol. The number of rotatable bonds is 5. The summed E-state index contributed by atoms with van der Waals surface area (Å²) < 4.78 is 67.8. The zero-order valence-corrected chi connectivity index (χ0v) is 17.5. The molecule has 3 aromatic rings. The molecule has 0 amide bonds. The number of aromatic nitrogens is 3. The summed E-state index contributed by atoms with van der Waals surface area (Å²) in [5.41, 5.74) is 1.20. The van der Waals surface area contributed by atoms with Crippen LogP contribution < -0.4 is 10.2 Å². The van der Waals surface area contributed by atoms with E-state index in [9.17, 15) is 22.0 Å². The number of anilines is 2. The lowest BCUT2D eigenvalue weighted by Gasteiger charge is -2.33. The fourth-order valence-corrected chi connectivity index (χ4v) is 3.87. The van der Waals surface area contributed by atoms with Crippen molar-refractivity contribution in [3.05, 3.63) is 53.1 Å². The summed E-state index contributed by atoms with van der Waals surface area (Å²) in [4.78, 5) is 6.27. The number of nitrogens with one attached hydrogen (secondary N) is 1. The first-order chi connectivity index (χ1) is 15.2. The van der Waals surface area contributed by atoms with Crippen LogP contribution in [0.25, 0.3) is 10.9 Å². The van der Waals surface area contributed by atoms with Gasteiger partial charge in [-0.3, -0.25) is 4.98 Å². The van der Waals surface area contributed by atoms with Crippen molar-refractivity contribution >= 4 is 22.4 Å². The summed E-state index contributed by atoms with van der Waals surface area (Å²) in [6.07, 6.45) is -1.79. The van der Waals surface area contributed by atoms with Gasteiger partial charge in [-0.15, -0.1) is 5.10 Å². The number of aryl methyl sites for hydroxylation is 1. The van der Waals surface area contributed by atoms with E-state index in [0.717, 1.165) is 6.07 Å². The minimum Gasteiger partial charge on any atom is -0.370 e. The zero-order chi connectivity index (χ0) is 23.0. The van der Waals surface area contributed by atoms with Gasteiger partial charge in [0.05, 0.1) is 34.7 Å². The van der Waals surface area contributed by atoms with Gasteiger partial charge in [0, 0.05) is 36.9 Å². The summed E-state index contributed by atoms with van der Waals surface area (Å²) in [6, 6.07) is 4.96.